The smallest absolute Gasteiger partial charge is 0.295 e. The minimum absolute atomic E-state index is 0.0659. The van der Waals surface area contributed by atoms with Crippen molar-refractivity contribution in [2.24, 2.45) is 5.41 Å². The minimum Gasteiger partial charge on any atom is -0.295 e. The van der Waals surface area contributed by atoms with Gasteiger partial charge in [-0.15, -0.1) is 0 Å². The van der Waals surface area contributed by atoms with E-state index in [1.165, 1.54) is 4.57 Å². The number of rotatable bonds is 2. The molecule has 3 rings (SSSR count). The molecule has 0 bridgehead atoms. The van der Waals surface area contributed by atoms with Gasteiger partial charge in [0.05, 0.1) is 11.0 Å². The third-order valence-corrected chi connectivity index (χ3v) is 4.02. The van der Waals surface area contributed by atoms with Crippen molar-refractivity contribution in [3.05, 3.63) is 34.7 Å². The average molecular weight is 315 g/mol. The van der Waals surface area contributed by atoms with Crippen molar-refractivity contribution in [3.63, 3.8) is 0 Å². The van der Waals surface area contributed by atoms with Crippen LogP contribution in [0.5, 0.6) is 0 Å². The molecule has 0 radical (unpaired) electrons. The van der Waals surface area contributed by atoms with Crippen molar-refractivity contribution in [1.29, 1.82) is 0 Å². The Bertz CT molecular complexity index is 839. The fourth-order valence-corrected chi connectivity index (χ4v) is 3.09. The molecular formula is C17H21N3O3. The number of nitrogens with one attached hydrogen (secondary N) is 1. The summed E-state index contributed by atoms with van der Waals surface area (Å²) in [6.45, 7) is 6.76. The van der Waals surface area contributed by atoms with E-state index in [1.807, 2.05) is 24.3 Å². The number of carbonyl (C=O) groups is 2. The van der Waals surface area contributed by atoms with Gasteiger partial charge in [0, 0.05) is 13.0 Å². The largest absolute Gasteiger partial charge is 0.329 e. The number of imide groups is 1. The second kappa shape index (κ2) is 5.37. The number of amides is 2. The fourth-order valence-electron chi connectivity index (χ4n) is 3.09. The molecule has 1 aliphatic rings. The van der Waals surface area contributed by atoms with E-state index in [-0.39, 0.29) is 23.4 Å². The van der Waals surface area contributed by atoms with E-state index < -0.39 is 11.9 Å². The van der Waals surface area contributed by atoms with E-state index in [2.05, 4.69) is 26.1 Å². The van der Waals surface area contributed by atoms with Crippen LogP contribution < -0.4 is 11.0 Å². The molecule has 122 valence electrons. The van der Waals surface area contributed by atoms with Crippen LogP contribution in [0, 0.1) is 5.41 Å². The number of carbonyl (C=O) groups excluding carboxylic acids is 2. The lowest BCUT2D eigenvalue weighted by atomic mass is 9.97. The Morgan fingerprint density at radius 1 is 1.13 bits per heavy atom. The van der Waals surface area contributed by atoms with Crippen LogP contribution in [0.4, 0.5) is 0 Å². The first kappa shape index (κ1) is 15.5. The molecule has 1 aliphatic heterocycles. The number of aromatic nitrogens is 2. The molecular weight excluding hydrogens is 294 g/mol. The Labute approximate surface area is 134 Å². The third-order valence-electron chi connectivity index (χ3n) is 4.02. The van der Waals surface area contributed by atoms with E-state index in [1.54, 1.807) is 4.57 Å². The second-order valence-electron chi connectivity index (χ2n) is 7.25. The summed E-state index contributed by atoms with van der Waals surface area (Å²) in [5.74, 6) is -0.681. The van der Waals surface area contributed by atoms with E-state index in [0.717, 1.165) is 11.0 Å². The highest BCUT2D eigenvalue weighted by Gasteiger charge is 2.31. The van der Waals surface area contributed by atoms with Gasteiger partial charge in [0.15, 0.2) is 0 Å². The first-order valence-corrected chi connectivity index (χ1v) is 7.81. The molecule has 2 aromatic rings. The van der Waals surface area contributed by atoms with Gasteiger partial charge in [0.1, 0.15) is 6.04 Å². The van der Waals surface area contributed by atoms with Crippen molar-refractivity contribution >= 4 is 22.8 Å². The predicted molar refractivity (Wildman–Crippen MR) is 87.1 cm³/mol. The Kier molecular flexibility index (Phi) is 3.62. The monoisotopic (exact) mass is 315 g/mol. The molecule has 1 unspecified atom stereocenters. The molecule has 1 aromatic carbocycles. The zero-order valence-electron chi connectivity index (χ0n) is 13.6. The van der Waals surface area contributed by atoms with E-state index >= 15 is 0 Å². The van der Waals surface area contributed by atoms with Crippen molar-refractivity contribution in [2.45, 2.75) is 46.2 Å². The van der Waals surface area contributed by atoms with Crippen LogP contribution in [0.2, 0.25) is 0 Å². The summed E-state index contributed by atoms with van der Waals surface area (Å²) >= 11 is 0. The quantitative estimate of drug-likeness (QED) is 0.859. The zero-order chi connectivity index (χ0) is 16.8. The number of hydrogen-bond donors (Lipinski definition) is 1. The highest BCUT2D eigenvalue weighted by atomic mass is 16.2. The Morgan fingerprint density at radius 2 is 1.78 bits per heavy atom. The molecule has 23 heavy (non-hydrogen) atoms. The molecule has 6 heteroatoms. The minimum atomic E-state index is -0.633. The second-order valence-corrected chi connectivity index (χ2v) is 7.25. The van der Waals surface area contributed by atoms with Crippen LogP contribution >= 0.6 is 0 Å². The van der Waals surface area contributed by atoms with Gasteiger partial charge in [-0.3, -0.25) is 24.0 Å². The zero-order valence-corrected chi connectivity index (χ0v) is 13.6. The van der Waals surface area contributed by atoms with Gasteiger partial charge in [-0.1, -0.05) is 32.9 Å². The maximum absolute atomic E-state index is 13.0. The molecule has 1 atom stereocenters. The van der Waals surface area contributed by atoms with Crippen LogP contribution in [-0.4, -0.2) is 20.9 Å². The first-order chi connectivity index (χ1) is 10.8. The summed E-state index contributed by atoms with van der Waals surface area (Å²) < 4.78 is 3.25. The van der Waals surface area contributed by atoms with E-state index in [9.17, 15) is 14.4 Å². The summed E-state index contributed by atoms with van der Waals surface area (Å²) in [4.78, 5) is 36.5. The van der Waals surface area contributed by atoms with E-state index in [4.69, 9.17) is 0 Å². The number of benzene rings is 1. The molecule has 0 aliphatic carbocycles. The summed E-state index contributed by atoms with van der Waals surface area (Å²) in [6, 6.07) is 6.84. The van der Waals surface area contributed by atoms with Crippen LogP contribution in [-0.2, 0) is 16.1 Å². The summed E-state index contributed by atoms with van der Waals surface area (Å²) in [5, 5.41) is 2.33. The van der Waals surface area contributed by atoms with Gasteiger partial charge in [-0.2, -0.15) is 0 Å². The fraction of sp³-hybridized carbons (Fsp3) is 0.471. The van der Waals surface area contributed by atoms with Crippen LogP contribution in [0.3, 0.4) is 0 Å². The average Bonchev–Trinajstić information content (AvgIpc) is 2.71. The lowest BCUT2D eigenvalue weighted by molar-refractivity contribution is -0.135. The Morgan fingerprint density at radius 3 is 2.39 bits per heavy atom. The first-order valence-electron chi connectivity index (χ1n) is 7.81. The molecule has 2 amide bonds. The summed E-state index contributed by atoms with van der Waals surface area (Å²) in [7, 11) is 0. The van der Waals surface area contributed by atoms with Gasteiger partial charge in [-0.05, 0) is 24.0 Å². The third kappa shape index (κ3) is 2.81. The maximum Gasteiger partial charge on any atom is 0.329 e. The van der Waals surface area contributed by atoms with Gasteiger partial charge < -0.3 is 0 Å². The number of nitrogens with zero attached hydrogens (tertiary/aromatic N) is 2. The maximum atomic E-state index is 13.0. The van der Waals surface area contributed by atoms with Gasteiger partial charge in [0.25, 0.3) is 0 Å². The lowest BCUT2D eigenvalue weighted by Gasteiger charge is -2.22. The highest BCUT2D eigenvalue weighted by Crippen LogP contribution is 2.25. The highest BCUT2D eigenvalue weighted by molar-refractivity contribution is 6.00. The topological polar surface area (TPSA) is 73.1 Å². The SMILES string of the molecule is CC(C)(C)Cn1c(=O)n(C2CCC(=O)NC2=O)c2ccccc21. The van der Waals surface area contributed by atoms with Gasteiger partial charge in [0.2, 0.25) is 11.8 Å². The predicted octanol–water partition coefficient (Wildman–Crippen LogP) is 1.83. The molecule has 1 aromatic heterocycles. The van der Waals surface area contributed by atoms with Gasteiger partial charge >= 0.3 is 5.69 Å². The molecule has 0 saturated carbocycles. The molecule has 0 spiro atoms. The number of piperidine rings is 1. The number of hydrogen-bond acceptors (Lipinski definition) is 3. The Hall–Kier alpha value is -2.37. The molecule has 6 nitrogen and oxygen atoms in total. The van der Waals surface area contributed by atoms with Crippen LogP contribution in [0.25, 0.3) is 11.0 Å². The van der Waals surface area contributed by atoms with Crippen molar-refractivity contribution in [3.8, 4) is 0 Å². The number of fused-ring (bicyclic) bond motifs is 1. The molecule has 1 N–H and O–H groups in total. The molecule has 1 fully saturated rings. The van der Waals surface area contributed by atoms with Crippen LogP contribution in [0.1, 0.15) is 39.7 Å². The molecule has 2 heterocycles. The number of imidazole rings is 1. The van der Waals surface area contributed by atoms with Crippen molar-refractivity contribution < 1.29 is 9.59 Å². The Balaban J connectivity index is 2.18. The van der Waals surface area contributed by atoms with Crippen molar-refractivity contribution in [2.75, 3.05) is 0 Å². The standard InChI is InChI=1S/C17H21N3O3/c1-17(2,3)10-19-11-6-4-5-7-12(11)20(16(19)23)13-8-9-14(21)18-15(13)22/h4-7,13H,8-10H2,1-3H3,(H,18,21,22). The number of para-hydroxylation sites is 2. The lowest BCUT2D eigenvalue weighted by Crippen LogP contribution is -2.44. The summed E-state index contributed by atoms with van der Waals surface area (Å²) in [5.41, 5.74) is 1.29. The van der Waals surface area contributed by atoms with Crippen LogP contribution in [0.15, 0.2) is 29.1 Å². The molecule has 1 saturated heterocycles. The summed E-state index contributed by atoms with van der Waals surface area (Å²) in [6.07, 6.45) is 0.607. The van der Waals surface area contributed by atoms with Gasteiger partial charge in [-0.25, -0.2) is 4.79 Å². The van der Waals surface area contributed by atoms with Crippen molar-refractivity contribution in [1.82, 2.24) is 14.5 Å². The van der Waals surface area contributed by atoms with E-state index in [0.29, 0.717) is 13.0 Å². The normalized spacial score (nSPS) is 19.2.